The van der Waals surface area contributed by atoms with Gasteiger partial charge in [0.2, 0.25) is 0 Å². The Morgan fingerprint density at radius 2 is 2.00 bits per heavy atom. The second kappa shape index (κ2) is 7.38. The van der Waals surface area contributed by atoms with Gasteiger partial charge in [0.05, 0.1) is 5.56 Å². The number of ether oxygens (including phenoxy) is 1. The van der Waals surface area contributed by atoms with Crippen LogP contribution in [0.5, 0.6) is 5.75 Å². The van der Waals surface area contributed by atoms with Gasteiger partial charge < -0.3 is 10.5 Å². The Balaban J connectivity index is 1.62. The number of nitriles is 1. The van der Waals surface area contributed by atoms with Crippen molar-refractivity contribution in [1.82, 2.24) is 9.88 Å². The van der Waals surface area contributed by atoms with E-state index in [1.807, 2.05) is 18.2 Å². The molecule has 1 aromatic heterocycles. The third-order valence-electron chi connectivity index (χ3n) is 6.88. The monoisotopic (exact) mass is 415 g/mol. The quantitative estimate of drug-likeness (QED) is 0.810. The summed E-state index contributed by atoms with van der Waals surface area (Å²) in [6, 6.07) is 9.72. The molecule has 0 bridgehead atoms. The standard InChI is InChI=1S/C24H25N5O2/c1-29-22(30)24(28-23(29)26)11-21(16-5-3-2-4-6-16)31-20-8-7-17(10-19(20)24)18-9-15(12-25)13-27-14-18/h7-10,13-14,16,21H,2-6,11H2,1H3,(H2,26,28). The molecule has 1 aromatic carbocycles. The number of pyridine rings is 1. The van der Waals surface area contributed by atoms with Gasteiger partial charge in [-0.25, -0.2) is 4.99 Å². The van der Waals surface area contributed by atoms with E-state index in [-0.39, 0.29) is 18.0 Å². The van der Waals surface area contributed by atoms with Crippen molar-refractivity contribution < 1.29 is 9.53 Å². The largest absolute Gasteiger partial charge is 0.490 e. The molecular weight excluding hydrogens is 390 g/mol. The molecule has 3 heterocycles. The van der Waals surface area contributed by atoms with Crippen molar-refractivity contribution in [3.63, 3.8) is 0 Å². The lowest BCUT2D eigenvalue weighted by atomic mass is 9.75. The first kappa shape index (κ1) is 19.6. The van der Waals surface area contributed by atoms with Crippen molar-refractivity contribution in [3.05, 3.63) is 47.8 Å². The number of nitrogens with two attached hydrogens (primary N) is 1. The van der Waals surface area contributed by atoms with Gasteiger partial charge in [0, 0.05) is 37.0 Å². The maximum atomic E-state index is 13.5. The van der Waals surface area contributed by atoms with Crippen LogP contribution in [-0.2, 0) is 10.3 Å². The Labute approximate surface area is 181 Å². The van der Waals surface area contributed by atoms with Gasteiger partial charge in [-0.1, -0.05) is 25.3 Å². The van der Waals surface area contributed by atoms with Gasteiger partial charge in [0.15, 0.2) is 11.5 Å². The molecule has 0 saturated heterocycles. The molecule has 1 spiro atoms. The summed E-state index contributed by atoms with van der Waals surface area (Å²) >= 11 is 0. The molecule has 1 fully saturated rings. The molecule has 2 unspecified atom stereocenters. The molecule has 1 amide bonds. The van der Waals surface area contributed by atoms with Crippen LogP contribution in [0.2, 0.25) is 0 Å². The minimum atomic E-state index is -1.06. The maximum absolute atomic E-state index is 13.5. The van der Waals surface area contributed by atoms with Crippen LogP contribution >= 0.6 is 0 Å². The molecular formula is C24H25N5O2. The number of aliphatic imine (C=N–C) groups is 1. The lowest BCUT2D eigenvalue weighted by Crippen LogP contribution is -2.47. The molecule has 1 aliphatic carbocycles. The number of fused-ring (bicyclic) bond motifs is 2. The first-order valence-corrected chi connectivity index (χ1v) is 10.8. The molecule has 7 nitrogen and oxygen atoms in total. The Morgan fingerprint density at radius 3 is 2.71 bits per heavy atom. The van der Waals surface area contributed by atoms with E-state index in [1.54, 1.807) is 19.3 Å². The number of aromatic nitrogens is 1. The fourth-order valence-electron chi connectivity index (χ4n) is 5.18. The van der Waals surface area contributed by atoms with E-state index in [0.717, 1.165) is 29.5 Å². The normalized spacial score (nSPS) is 25.7. The van der Waals surface area contributed by atoms with Gasteiger partial charge >= 0.3 is 0 Å². The number of likely N-dealkylation sites (N-methyl/N-ethyl adjacent to an activating group) is 1. The number of benzene rings is 1. The van der Waals surface area contributed by atoms with E-state index in [2.05, 4.69) is 11.1 Å². The van der Waals surface area contributed by atoms with Crippen molar-refractivity contribution in [3.8, 4) is 22.9 Å². The lowest BCUT2D eigenvalue weighted by molar-refractivity contribution is -0.132. The van der Waals surface area contributed by atoms with E-state index in [9.17, 15) is 10.1 Å². The first-order chi connectivity index (χ1) is 15.0. The smallest absolute Gasteiger partial charge is 0.261 e. The summed E-state index contributed by atoms with van der Waals surface area (Å²) < 4.78 is 6.46. The second-order valence-corrected chi connectivity index (χ2v) is 8.74. The third-order valence-corrected chi connectivity index (χ3v) is 6.88. The van der Waals surface area contributed by atoms with E-state index in [1.165, 1.54) is 30.4 Å². The molecule has 5 rings (SSSR count). The van der Waals surface area contributed by atoms with Gasteiger partial charge in [0.1, 0.15) is 17.9 Å². The van der Waals surface area contributed by atoms with E-state index in [0.29, 0.717) is 23.7 Å². The molecule has 2 N–H and O–H groups in total. The van der Waals surface area contributed by atoms with Crippen molar-refractivity contribution >= 4 is 11.9 Å². The van der Waals surface area contributed by atoms with Gasteiger partial charge in [0.25, 0.3) is 5.91 Å². The minimum Gasteiger partial charge on any atom is -0.490 e. The van der Waals surface area contributed by atoms with Crippen molar-refractivity contribution in [1.29, 1.82) is 5.26 Å². The number of hydrogen-bond acceptors (Lipinski definition) is 6. The van der Waals surface area contributed by atoms with Crippen LogP contribution in [0.25, 0.3) is 11.1 Å². The zero-order valence-corrected chi connectivity index (χ0v) is 17.5. The van der Waals surface area contributed by atoms with Crippen LogP contribution in [-0.4, -0.2) is 34.9 Å². The minimum absolute atomic E-state index is 0.0609. The molecule has 3 aliphatic rings. The molecule has 31 heavy (non-hydrogen) atoms. The van der Waals surface area contributed by atoms with E-state index in [4.69, 9.17) is 15.5 Å². The molecule has 2 atom stereocenters. The Bertz CT molecular complexity index is 1120. The van der Waals surface area contributed by atoms with E-state index >= 15 is 0 Å². The Hall–Kier alpha value is -3.40. The number of hydrogen-bond donors (Lipinski definition) is 1. The van der Waals surface area contributed by atoms with Gasteiger partial charge in [-0.05, 0) is 42.5 Å². The Morgan fingerprint density at radius 1 is 1.19 bits per heavy atom. The zero-order chi connectivity index (χ0) is 21.6. The molecule has 0 radical (unpaired) electrons. The topological polar surface area (TPSA) is 105 Å². The molecule has 2 aromatic rings. The summed E-state index contributed by atoms with van der Waals surface area (Å²) in [5, 5.41) is 9.22. The average Bonchev–Trinajstić information content (AvgIpc) is 3.03. The third kappa shape index (κ3) is 3.14. The van der Waals surface area contributed by atoms with Gasteiger partial charge in [-0.3, -0.25) is 14.7 Å². The number of guanidine groups is 1. The number of rotatable bonds is 2. The van der Waals surface area contributed by atoms with Crippen LogP contribution in [0.4, 0.5) is 0 Å². The lowest BCUT2D eigenvalue weighted by Gasteiger charge is -2.41. The summed E-state index contributed by atoms with van der Waals surface area (Å²) in [5.74, 6) is 1.23. The van der Waals surface area contributed by atoms with Crippen LogP contribution in [0.1, 0.15) is 49.7 Å². The fourth-order valence-corrected chi connectivity index (χ4v) is 5.18. The first-order valence-electron chi connectivity index (χ1n) is 10.8. The highest BCUT2D eigenvalue weighted by Gasteiger charge is 2.54. The number of carbonyl (C=O) groups excluding carboxylic acids is 1. The predicted molar refractivity (Wildman–Crippen MR) is 116 cm³/mol. The van der Waals surface area contributed by atoms with Crippen LogP contribution in [0.15, 0.2) is 41.7 Å². The molecule has 158 valence electrons. The average molecular weight is 415 g/mol. The van der Waals surface area contributed by atoms with Crippen molar-refractivity contribution in [2.75, 3.05) is 7.05 Å². The zero-order valence-electron chi connectivity index (χ0n) is 17.5. The number of carbonyl (C=O) groups is 1. The number of amides is 1. The summed E-state index contributed by atoms with van der Waals surface area (Å²) in [6.07, 6.45) is 9.56. The van der Waals surface area contributed by atoms with E-state index < -0.39 is 5.54 Å². The van der Waals surface area contributed by atoms with Crippen LogP contribution < -0.4 is 10.5 Å². The summed E-state index contributed by atoms with van der Waals surface area (Å²) in [6.45, 7) is 0. The van der Waals surface area contributed by atoms with Gasteiger partial charge in [-0.15, -0.1) is 0 Å². The maximum Gasteiger partial charge on any atom is 0.261 e. The highest BCUT2D eigenvalue weighted by molar-refractivity contribution is 6.07. The van der Waals surface area contributed by atoms with Gasteiger partial charge in [-0.2, -0.15) is 5.26 Å². The number of nitrogens with zero attached hydrogens (tertiary/aromatic N) is 4. The van der Waals surface area contributed by atoms with Crippen LogP contribution in [0.3, 0.4) is 0 Å². The summed E-state index contributed by atoms with van der Waals surface area (Å²) in [5.41, 5.74) is 7.93. The molecule has 1 saturated carbocycles. The van der Waals surface area contributed by atoms with Crippen molar-refractivity contribution in [2.24, 2.45) is 16.6 Å². The predicted octanol–water partition coefficient (Wildman–Crippen LogP) is 3.33. The summed E-state index contributed by atoms with van der Waals surface area (Å²) in [7, 11) is 1.67. The van der Waals surface area contributed by atoms with Crippen molar-refractivity contribution in [2.45, 2.75) is 50.2 Å². The second-order valence-electron chi connectivity index (χ2n) is 8.74. The molecule has 7 heteroatoms. The van der Waals surface area contributed by atoms with Crippen LogP contribution in [0, 0.1) is 17.2 Å². The summed E-state index contributed by atoms with van der Waals surface area (Å²) in [4.78, 5) is 23.8. The Kier molecular flexibility index (Phi) is 4.66. The highest BCUT2D eigenvalue weighted by atomic mass is 16.5. The highest BCUT2D eigenvalue weighted by Crippen LogP contribution is 2.49. The fraction of sp³-hybridized carbons (Fsp3) is 0.417. The molecule has 2 aliphatic heterocycles. The SMILES string of the molecule is CN1C(=O)C2(CC(C3CCCCC3)Oc3ccc(-c4cncc(C#N)c4)cc32)N=C1N.